The molecule has 0 aliphatic rings. The quantitative estimate of drug-likeness (QED) is 0.700. The number of hydrogen-bond donors (Lipinski definition) is 0. The summed E-state index contributed by atoms with van der Waals surface area (Å²) in [5.41, 5.74) is 1.67. The zero-order chi connectivity index (χ0) is 10.7. The lowest BCUT2D eigenvalue weighted by molar-refractivity contribution is 0.112. The van der Waals surface area contributed by atoms with Crippen molar-refractivity contribution in [2.24, 2.45) is 0 Å². The molecule has 15 heavy (non-hydrogen) atoms. The largest absolute Gasteiger partial charge is 0.298 e. The lowest BCUT2D eigenvalue weighted by Crippen LogP contribution is -1.88. The van der Waals surface area contributed by atoms with Crippen LogP contribution in [0.4, 0.5) is 4.39 Å². The van der Waals surface area contributed by atoms with Gasteiger partial charge in [0.2, 0.25) is 0 Å². The summed E-state index contributed by atoms with van der Waals surface area (Å²) in [5.74, 6) is -0.409. The summed E-state index contributed by atoms with van der Waals surface area (Å²) in [6, 6.07) is 4.62. The van der Waals surface area contributed by atoms with E-state index in [1.54, 1.807) is 12.1 Å². The van der Waals surface area contributed by atoms with Gasteiger partial charge in [-0.1, -0.05) is 0 Å². The third-order valence-corrected chi connectivity index (χ3v) is 1.92. The average molecular weight is 202 g/mol. The maximum atomic E-state index is 12.9. The molecule has 4 heteroatoms. The molecule has 0 bridgehead atoms. The average Bonchev–Trinajstić information content (AvgIpc) is 2.29. The van der Waals surface area contributed by atoms with E-state index in [1.165, 1.54) is 18.5 Å². The van der Waals surface area contributed by atoms with Gasteiger partial charge in [0.25, 0.3) is 0 Å². The molecule has 0 unspecified atom stereocenters. The zero-order valence-electron chi connectivity index (χ0n) is 7.72. The van der Waals surface area contributed by atoms with Crippen LogP contribution in [0.15, 0.2) is 36.8 Å². The second-order valence-corrected chi connectivity index (χ2v) is 2.99. The first-order chi connectivity index (χ1) is 7.29. The van der Waals surface area contributed by atoms with Gasteiger partial charge in [0.15, 0.2) is 6.29 Å². The molecule has 3 nitrogen and oxygen atoms in total. The zero-order valence-corrected chi connectivity index (χ0v) is 7.72. The number of aldehydes is 1. The van der Waals surface area contributed by atoms with E-state index < -0.39 is 5.82 Å². The van der Waals surface area contributed by atoms with Crippen molar-refractivity contribution in [3.8, 4) is 11.3 Å². The first-order valence-electron chi connectivity index (χ1n) is 4.32. The van der Waals surface area contributed by atoms with Gasteiger partial charge in [0.05, 0.1) is 11.9 Å². The summed E-state index contributed by atoms with van der Waals surface area (Å²) in [6.07, 6.45) is 4.79. The Hall–Kier alpha value is -2.10. The van der Waals surface area contributed by atoms with Gasteiger partial charge < -0.3 is 0 Å². The van der Waals surface area contributed by atoms with Crippen LogP contribution in [0.5, 0.6) is 0 Å². The maximum absolute atomic E-state index is 12.9. The van der Waals surface area contributed by atoms with Crippen LogP contribution in [-0.4, -0.2) is 16.3 Å². The maximum Gasteiger partial charge on any atom is 0.151 e. The molecule has 0 amide bonds. The number of aromatic nitrogens is 2. The van der Waals surface area contributed by atoms with Crippen LogP contribution in [0, 0.1) is 5.82 Å². The Kier molecular flexibility index (Phi) is 2.49. The molecular formula is C11H7FN2O. The molecule has 0 saturated carbocycles. The normalized spacial score (nSPS) is 9.93. The van der Waals surface area contributed by atoms with Gasteiger partial charge >= 0.3 is 0 Å². The molecule has 0 radical (unpaired) electrons. The highest BCUT2D eigenvalue weighted by atomic mass is 19.1. The van der Waals surface area contributed by atoms with Crippen molar-refractivity contribution >= 4 is 6.29 Å². The van der Waals surface area contributed by atoms with E-state index in [9.17, 15) is 9.18 Å². The number of carbonyl (C=O) groups is 1. The smallest absolute Gasteiger partial charge is 0.151 e. The lowest BCUT2D eigenvalue weighted by Gasteiger charge is -1.99. The summed E-state index contributed by atoms with van der Waals surface area (Å²) in [5, 5.41) is 0. The Labute approximate surface area is 85.6 Å². The van der Waals surface area contributed by atoms with E-state index in [1.807, 2.05) is 0 Å². The molecule has 0 aliphatic carbocycles. The summed E-state index contributed by atoms with van der Waals surface area (Å²) < 4.78 is 12.9. The molecule has 0 atom stereocenters. The highest BCUT2D eigenvalue weighted by molar-refractivity contribution is 5.75. The van der Waals surface area contributed by atoms with E-state index in [0.717, 1.165) is 6.20 Å². The minimum atomic E-state index is -0.409. The van der Waals surface area contributed by atoms with Crippen molar-refractivity contribution in [3.63, 3.8) is 0 Å². The Bertz CT molecular complexity index is 482. The molecule has 0 spiro atoms. The van der Waals surface area contributed by atoms with Crippen molar-refractivity contribution < 1.29 is 9.18 Å². The fourth-order valence-corrected chi connectivity index (χ4v) is 1.20. The number of rotatable bonds is 2. The minimum Gasteiger partial charge on any atom is -0.298 e. The highest BCUT2D eigenvalue weighted by Crippen LogP contribution is 2.16. The molecule has 2 aromatic heterocycles. The summed E-state index contributed by atoms with van der Waals surface area (Å²) in [7, 11) is 0. The molecule has 74 valence electrons. The van der Waals surface area contributed by atoms with Crippen LogP contribution in [0.1, 0.15) is 10.4 Å². The van der Waals surface area contributed by atoms with Crippen LogP contribution in [-0.2, 0) is 0 Å². The SMILES string of the molecule is O=Cc1ccc(-c2cncc(F)c2)nc1. The number of nitrogens with zero attached hydrogens (tertiary/aromatic N) is 2. The third-order valence-electron chi connectivity index (χ3n) is 1.92. The summed E-state index contributed by atoms with van der Waals surface area (Å²) in [4.78, 5) is 18.1. The molecule has 0 aliphatic heterocycles. The predicted octanol–water partition coefficient (Wildman–Crippen LogP) is 2.10. The molecule has 2 rings (SSSR count). The van der Waals surface area contributed by atoms with Crippen LogP contribution >= 0.6 is 0 Å². The van der Waals surface area contributed by atoms with Gasteiger partial charge in [0, 0.05) is 23.5 Å². The van der Waals surface area contributed by atoms with Crippen molar-refractivity contribution in [1.29, 1.82) is 0 Å². The summed E-state index contributed by atoms with van der Waals surface area (Å²) in [6.45, 7) is 0. The van der Waals surface area contributed by atoms with Crippen LogP contribution in [0.25, 0.3) is 11.3 Å². The first-order valence-corrected chi connectivity index (χ1v) is 4.32. The van der Waals surface area contributed by atoms with Crippen molar-refractivity contribution in [2.45, 2.75) is 0 Å². The Morgan fingerprint density at radius 2 is 2.07 bits per heavy atom. The number of halogens is 1. The van der Waals surface area contributed by atoms with Crippen molar-refractivity contribution in [1.82, 2.24) is 9.97 Å². The molecule has 0 fully saturated rings. The van der Waals surface area contributed by atoms with Crippen molar-refractivity contribution in [3.05, 3.63) is 48.2 Å². The van der Waals surface area contributed by atoms with Crippen LogP contribution in [0.2, 0.25) is 0 Å². The standard InChI is InChI=1S/C11H7FN2O/c12-10-3-9(5-13-6-10)11-2-1-8(7-15)4-14-11/h1-7H. The predicted molar refractivity (Wildman–Crippen MR) is 52.8 cm³/mol. The Morgan fingerprint density at radius 1 is 1.20 bits per heavy atom. The van der Waals surface area contributed by atoms with Gasteiger partial charge in [-0.15, -0.1) is 0 Å². The number of carbonyl (C=O) groups excluding carboxylic acids is 1. The fraction of sp³-hybridized carbons (Fsp3) is 0. The molecule has 2 aromatic rings. The third kappa shape index (κ3) is 2.04. The second-order valence-electron chi connectivity index (χ2n) is 2.99. The van der Waals surface area contributed by atoms with E-state index in [4.69, 9.17) is 0 Å². The fourth-order valence-electron chi connectivity index (χ4n) is 1.20. The van der Waals surface area contributed by atoms with Gasteiger partial charge in [-0.05, 0) is 18.2 Å². The summed E-state index contributed by atoms with van der Waals surface area (Å²) >= 11 is 0. The van der Waals surface area contributed by atoms with E-state index in [0.29, 0.717) is 23.1 Å². The minimum absolute atomic E-state index is 0.409. The van der Waals surface area contributed by atoms with Gasteiger partial charge in [0.1, 0.15) is 5.82 Å². The van der Waals surface area contributed by atoms with E-state index >= 15 is 0 Å². The number of hydrogen-bond acceptors (Lipinski definition) is 3. The molecule has 0 saturated heterocycles. The van der Waals surface area contributed by atoms with Gasteiger partial charge in [-0.2, -0.15) is 0 Å². The first kappa shape index (κ1) is 9.45. The van der Waals surface area contributed by atoms with Crippen molar-refractivity contribution in [2.75, 3.05) is 0 Å². The molecule has 0 N–H and O–H groups in total. The molecule has 2 heterocycles. The van der Waals surface area contributed by atoms with Crippen LogP contribution in [0.3, 0.4) is 0 Å². The molecular weight excluding hydrogens is 195 g/mol. The van der Waals surface area contributed by atoms with Gasteiger partial charge in [-0.3, -0.25) is 14.8 Å². The second kappa shape index (κ2) is 3.96. The topological polar surface area (TPSA) is 42.9 Å². The van der Waals surface area contributed by atoms with Gasteiger partial charge in [-0.25, -0.2) is 4.39 Å². The van der Waals surface area contributed by atoms with Crippen LogP contribution < -0.4 is 0 Å². The van der Waals surface area contributed by atoms with E-state index in [-0.39, 0.29) is 0 Å². The monoisotopic (exact) mass is 202 g/mol. The Balaban J connectivity index is 2.41. The molecule has 0 aromatic carbocycles. The lowest BCUT2D eigenvalue weighted by atomic mass is 10.2. The van der Waals surface area contributed by atoms with E-state index in [2.05, 4.69) is 9.97 Å². The number of pyridine rings is 2. The Morgan fingerprint density at radius 3 is 2.67 bits per heavy atom. The highest BCUT2D eigenvalue weighted by Gasteiger charge is 2.01.